The molecule has 0 spiro atoms. The summed E-state index contributed by atoms with van der Waals surface area (Å²) in [5, 5.41) is 3.27. The van der Waals surface area contributed by atoms with Crippen LogP contribution in [0.2, 0.25) is 5.02 Å². The summed E-state index contributed by atoms with van der Waals surface area (Å²) >= 11 is 5.82. The molecule has 0 aliphatic heterocycles. The third-order valence-corrected chi connectivity index (χ3v) is 6.86. The molecule has 0 aliphatic rings. The predicted octanol–water partition coefficient (Wildman–Crippen LogP) is 6.20. The van der Waals surface area contributed by atoms with Crippen LogP contribution in [0, 0.1) is 0 Å². The summed E-state index contributed by atoms with van der Waals surface area (Å²) in [6.45, 7) is 0. The third-order valence-electron chi connectivity index (χ3n) is 5.21. The number of hydrogen-bond acceptors (Lipinski definition) is 5. The van der Waals surface area contributed by atoms with Crippen LogP contribution in [0.1, 0.15) is 10.4 Å². The number of hydrogen-bond donors (Lipinski definition) is 2. The monoisotopic (exact) mass is 503 g/mol. The Hall–Kier alpha value is -4.14. The van der Waals surface area contributed by atoms with E-state index in [1.54, 1.807) is 24.3 Å². The number of nitrogens with zero attached hydrogens (tertiary/aromatic N) is 1. The van der Waals surface area contributed by atoms with Crippen molar-refractivity contribution in [3.05, 3.63) is 108 Å². The number of fused-ring (bicyclic) bond motifs is 1. The molecule has 0 bridgehead atoms. The number of benzene rings is 4. The Morgan fingerprint density at radius 2 is 1.46 bits per heavy atom. The van der Waals surface area contributed by atoms with Gasteiger partial charge >= 0.3 is 0 Å². The first-order valence-corrected chi connectivity index (χ1v) is 12.4. The third kappa shape index (κ3) is 5.03. The topological polar surface area (TPSA) is 101 Å². The van der Waals surface area contributed by atoms with Gasteiger partial charge in [-0.05, 0) is 84.9 Å². The number of rotatable bonds is 6. The molecule has 2 N–H and O–H groups in total. The minimum atomic E-state index is -3.77. The summed E-state index contributed by atoms with van der Waals surface area (Å²) in [7, 11) is -3.77. The summed E-state index contributed by atoms with van der Waals surface area (Å²) in [4.78, 5) is 17.2. The second kappa shape index (κ2) is 9.25. The van der Waals surface area contributed by atoms with Crippen molar-refractivity contribution in [2.75, 3.05) is 10.0 Å². The van der Waals surface area contributed by atoms with Gasteiger partial charge in [-0.1, -0.05) is 23.7 Å². The van der Waals surface area contributed by atoms with Crippen LogP contribution in [0.4, 0.5) is 11.4 Å². The number of carbonyl (C=O) groups is 1. The van der Waals surface area contributed by atoms with Crippen LogP contribution in [0.5, 0.6) is 0 Å². The maximum absolute atomic E-state index is 12.6. The fourth-order valence-electron chi connectivity index (χ4n) is 3.41. The van der Waals surface area contributed by atoms with Crippen molar-refractivity contribution >= 4 is 50.0 Å². The van der Waals surface area contributed by atoms with E-state index in [0.717, 1.165) is 11.1 Å². The minimum Gasteiger partial charge on any atom is -0.436 e. The van der Waals surface area contributed by atoms with E-state index in [-0.39, 0.29) is 10.8 Å². The standard InChI is InChI=1S/C26H18ClN3O4S/c27-19-9-15-22(16-10-19)35(32,33)30-21-13-5-17(6-14-21)25(31)28-20-11-7-18(8-12-20)26-29-23-3-1-2-4-24(23)34-26/h1-16,30H,(H,28,31). The van der Waals surface area contributed by atoms with Gasteiger partial charge in [0.05, 0.1) is 4.90 Å². The van der Waals surface area contributed by atoms with Gasteiger partial charge in [-0.25, -0.2) is 13.4 Å². The number of carbonyl (C=O) groups excluding carboxylic acids is 1. The molecule has 1 aromatic heterocycles. The Morgan fingerprint density at radius 3 is 2.14 bits per heavy atom. The lowest BCUT2D eigenvalue weighted by Gasteiger charge is -2.09. The molecule has 0 atom stereocenters. The quantitative estimate of drug-likeness (QED) is 0.287. The number of amides is 1. The fourth-order valence-corrected chi connectivity index (χ4v) is 4.60. The predicted molar refractivity (Wildman–Crippen MR) is 136 cm³/mol. The van der Waals surface area contributed by atoms with Crippen LogP contribution in [0.3, 0.4) is 0 Å². The molecule has 4 aromatic carbocycles. The molecule has 7 nitrogen and oxygen atoms in total. The second-order valence-electron chi connectivity index (χ2n) is 7.65. The van der Waals surface area contributed by atoms with Gasteiger partial charge in [0.15, 0.2) is 5.58 Å². The Balaban J connectivity index is 1.25. The highest BCUT2D eigenvalue weighted by atomic mass is 35.5. The van der Waals surface area contributed by atoms with E-state index in [1.807, 2.05) is 36.4 Å². The van der Waals surface area contributed by atoms with Crippen molar-refractivity contribution in [2.45, 2.75) is 4.90 Å². The fraction of sp³-hybridized carbons (Fsp3) is 0. The van der Waals surface area contributed by atoms with Gasteiger partial charge in [0.1, 0.15) is 5.52 Å². The first-order chi connectivity index (χ1) is 16.9. The molecule has 174 valence electrons. The van der Waals surface area contributed by atoms with E-state index < -0.39 is 10.0 Å². The van der Waals surface area contributed by atoms with Gasteiger partial charge in [-0.15, -0.1) is 0 Å². The number of nitrogens with one attached hydrogen (secondary N) is 2. The van der Waals surface area contributed by atoms with Crippen molar-refractivity contribution in [3.63, 3.8) is 0 Å². The van der Waals surface area contributed by atoms with Crippen molar-refractivity contribution in [1.82, 2.24) is 4.98 Å². The van der Waals surface area contributed by atoms with Crippen LogP contribution < -0.4 is 10.0 Å². The molecule has 0 fully saturated rings. The van der Waals surface area contributed by atoms with Crippen molar-refractivity contribution < 1.29 is 17.6 Å². The number of sulfonamides is 1. The normalized spacial score (nSPS) is 11.3. The number of para-hydroxylation sites is 2. The smallest absolute Gasteiger partial charge is 0.261 e. The lowest BCUT2D eigenvalue weighted by atomic mass is 10.1. The van der Waals surface area contributed by atoms with Crippen LogP contribution >= 0.6 is 11.6 Å². The molecule has 9 heteroatoms. The maximum Gasteiger partial charge on any atom is 0.261 e. The highest BCUT2D eigenvalue weighted by molar-refractivity contribution is 7.92. The number of oxazole rings is 1. The Labute approximate surface area is 206 Å². The van der Waals surface area contributed by atoms with E-state index in [1.165, 1.54) is 36.4 Å². The molecule has 1 amide bonds. The lowest BCUT2D eigenvalue weighted by molar-refractivity contribution is 0.102. The van der Waals surface area contributed by atoms with E-state index in [9.17, 15) is 13.2 Å². The summed E-state index contributed by atoms with van der Waals surface area (Å²) < 4.78 is 33.3. The number of halogens is 1. The average molecular weight is 504 g/mol. The average Bonchev–Trinajstić information content (AvgIpc) is 3.29. The van der Waals surface area contributed by atoms with Crippen molar-refractivity contribution in [1.29, 1.82) is 0 Å². The highest BCUT2D eigenvalue weighted by Crippen LogP contribution is 2.25. The molecule has 1 heterocycles. The first-order valence-electron chi connectivity index (χ1n) is 10.5. The summed E-state index contributed by atoms with van der Waals surface area (Å²) in [6, 6.07) is 26.7. The van der Waals surface area contributed by atoms with Gasteiger partial charge in [0.2, 0.25) is 5.89 Å². The zero-order valence-electron chi connectivity index (χ0n) is 18.1. The van der Waals surface area contributed by atoms with Crippen LogP contribution in [0.15, 0.2) is 106 Å². The molecule has 0 aliphatic carbocycles. The molecule has 5 aromatic rings. The summed E-state index contributed by atoms with van der Waals surface area (Å²) in [6.07, 6.45) is 0. The Kier molecular flexibility index (Phi) is 5.98. The molecule has 0 radical (unpaired) electrons. The van der Waals surface area contributed by atoms with E-state index >= 15 is 0 Å². The van der Waals surface area contributed by atoms with E-state index in [2.05, 4.69) is 15.0 Å². The molecule has 0 saturated heterocycles. The van der Waals surface area contributed by atoms with Gasteiger partial charge in [0, 0.05) is 27.5 Å². The van der Waals surface area contributed by atoms with E-state index in [4.69, 9.17) is 16.0 Å². The van der Waals surface area contributed by atoms with Gasteiger partial charge < -0.3 is 9.73 Å². The highest BCUT2D eigenvalue weighted by Gasteiger charge is 2.15. The molecular formula is C26H18ClN3O4S. The van der Waals surface area contributed by atoms with Gasteiger partial charge in [-0.3, -0.25) is 9.52 Å². The number of anilines is 2. The first kappa shape index (κ1) is 22.6. The maximum atomic E-state index is 12.6. The largest absolute Gasteiger partial charge is 0.436 e. The zero-order valence-corrected chi connectivity index (χ0v) is 19.7. The lowest BCUT2D eigenvalue weighted by Crippen LogP contribution is -2.14. The summed E-state index contributed by atoms with van der Waals surface area (Å²) in [5.74, 6) is 0.174. The zero-order chi connectivity index (χ0) is 24.4. The van der Waals surface area contributed by atoms with Crippen LogP contribution in [0.25, 0.3) is 22.6 Å². The molecule has 0 unspecified atom stereocenters. The Morgan fingerprint density at radius 1 is 0.800 bits per heavy atom. The van der Waals surface area contributed by atoms with Crippen LogP contribution in [-0.2, 0) is 10.0 Å². The van der Waals surface area contributed by atoms with Gasteiger partial charge in [0.25, 0.3) is 15.9 Å². The second-order valence-corrected chi connectivity index (χ2v) is 9.77. The van der Waals surface area contributed by atoms with Crippen molar-refractivity contribution in [2.24, 2.45) is 0 Å². The molecule has 0 saturated carbocycles. The SMILES string of the molecule is O=C(Nc1ccc(-c2nc3ccccc3o2)cc1)c1ccc(NS(=O)(=O)c2ccc(Cl)cc2)cc1. The molecule has 35 heavy (non-hydrogen) atoms. The van der Waals surface area contributed by atoms with Crippen LogP contribution in [-0.4, -0.2) is 19.3 Å². The summed E-state index contributed by atoms with van der Waals surface area (Å²) in [5.41, 5.74) is 3.58. The Bertz CT molecular complexity index is 1580. The van der Waals surface area contributed by atoms with Gasteiger partial charge in [-0.2, -0.15) is 0 Å². The number of aromatic nitrogens is 1. The molecular weight excluding hydrogens is 486 g/mol. The van der Waals surface area contributed by atoms with Crippen molar-refractivity contribution in [3.8, 4) is 11.5 Å². The molecule has 5 rings (SSSR count). The minimum absolute atomic E-state index is 0.0880. The van der Waals surface area contributed by atoms with E-state index in [0.29, 0.717) is 33.4 Å².